The van der Waals surface area contributed by atoms with Crippen molar-refractivity contribution >= 4 is 36.8 Å². The molecule has 0 saturated carbocycles. The number of nitrogens with two attached hydrogens (primary N) is 1. The summed E-state index contributed by atoms with van der Waals surface area (Å²) >= 11 is 0. The van der Waals surface area contributed by atoms with Crippen molar-refractivity contribution < 1.29 is 9.53 Å². The number of pyridine rings is 1. The quantitative estimate of drug-likeness (QED) is 0.378. The van der Waals surface area contributed by atoms with E-state index in [0.29, 0.717) is 11.6 Å². The Morgan fingerprint density at radius 3 is 2.68 bits per heavy atom. The molecule has 1 amide bonds. The standard InChI is InChI=1S/C13H15N5O2.2ClH/c1-9-7-18(8-15-9)11-5-3-10(16-13(11)20-2)4-6-12(19)17-14;;/h3-8H,14H2,1-2H3,(H,17,19);2*1H/b6-4+;;. The highest BCUT2D eigenvalue weighted by Crippen LogP contribution is 2.21. The normalized spacial score (nSPS) is 9.77. The topological polar surface area (TPSA) is 95.1 Å². The summed E-state index contributed by atoms with van der Waals surface area (Å²) in [6.07, 6.45) is 6.40. The van der Waals surface area contributed by atoms with Gasteiger partial charge in [0, 0.05) is 12.3 Å². The van der Waals surface area contributed by atoms with Gasteiger partial charge in [-0.15, -0.1) is 24.8 Å². The summed E-state index contributed by atoms with van der Waals surface area (Å²) in [5, 5.41) is 0. The number of ether oxygens (including phenoxy) is 1. The molecule has 0 atom stereocenters. The molecule has 2 aromatic rings. The summed E-state index contributed by atoms with van der Waals surface area (Å²) in [5.74, 6) is 5.03. The van der Waals surface area contributed by atoms with Crippen molar-refractivity contribution in [3.8, 4) is 11.6 Å². The Morgan fingerprint density at radius 2 is 2.14 bits per heavy atom. The Balaban J connectivity index is 0.00000220. The Kier molecular flexibility index (Phi) is 8.18. The van der Waals surface area contributed by atoms with Gasteiger partial charge in [-0.2, -0.15) is 0 Å². The Labute approximate surface area is 140 Å². The molecule has 0 unspecified atom stereocenters. The van der Waals surface area contributed by atoms with Crippen LogP contribution in [0.4, 0.5) is 0 Å². The third-order valence-electron chi connectivity index (χ3n) is 2.59. The molecule has 22 heavy (non-hydrogen) atoms. The number of nitrogens with one attached hydrogen (secondary N) is 1. The van der Waals surface area contributed by atoms with E-state index >= 15 is 0 Å². The lowest BCUT2D eigenvalue weighted by Crippen LogP contribution is -2.27. The number of aromatic nitrogens is 3. The van der Waals surface area contributed by atoms with Crippen LogP contribution in [0.15, 0.2) is 30.7 Å². The van der Waals surface area contributed by atoms with Crippen LogP contribution in [0, 0.1) is 6.92 Å². The molecule has 0 spiro atoms. The molecule has 3 N–H and O–H groups in total. The SMILES string of the molecule is COc1nc(/C=C/C(=O)NN)ccc1-n1cnc(C)c1.Cl.Cl. The van der Waals surface area contributed by atoms with Crippen molar-refractivity contribution in [3.63, 3.8) is 0 Å². The van der Waals surface area contributed by atoms with Crippen LogP contribution in [0.25, 0.3) is 11.8 Å². The fourth-order valence-electron chi connectivity index (χ4n) is 1.65. The van der Waals surface area contributed by atoms with E-state index in [1.807, 2.05) is 29.2 Å². The molecule has 0 aliphatic heterocycles. The monoisotopic (exact) mass is 345 g/mol. The second-order valence-corrected chi connectivity index (χ2v) is 4.03. The van der Waals surface area contributed by atoms with Crippen LogP contribution >= 0.6 is 24.8 Å². The van der Waals surface area contributed by atoms with E-state index < -0.39 is 5.91 Å². The fourth-order valence-corrected chi connectivity index (χ4v) is 1.65. The number of hydrazine groups is 1. The van der Waals surface area contributed by atoms with Gasteiger partial charge in [0.2, 0.25) is 5.88 Å². The highest BCUT2D eigenvalue weighted by atomic mass is 35.5. The smallest absolute Gasteiger partial charge is 0.257 e. The molecule has 0 saturated heterocycles. The van der Waals surface area contributed by atoms with Gasteiger partial charge in [0.25, 0.3) is 5.91 Å². The Bertz CT molecular complexity index is 658. The van der Waals surface area contributed by atoms with Crippen LogP contribution in [0.1, 0.15) is 11.4 Å². The first-order valence-corrected chi connectivity index (χ1v) is 5.88. The summed E-state index contributed by atoms with van der Waals surface area (Å²) < 4.78 is 7.08. The summed E-state index contributed by atoms with van der Waals surface area (Å²) in [7, 11) is 1.54. The zero-order valence-electron chi connectivity index (χ0n) is 12.0. The third-order valence-corrected chi connectivity index (χ3v) is 2.59. The van der Waals surface area contributed by atoms with E-state index in [-0.39, 0.29) is 24.8 Å². The lowest BCUT2D eigenvalue weighted by Gasteiger charge is -2.08. The zero-order valence-corrected chi connectivity index (χ0v) is 13.6. The number of aryl methyl sites for hydroxylation is 1. The van der Waals surface area contributed by atoms with Gasteiger partial charge in [-0.3, -0.25) is 10.2 Å². The number of amides is 1. The van der Waals surface area contributed by atoms with Crippen LogP contribution in [-0.2, 0) is 4.79 Å². The maximum atomic E-state index is 11.0. The highest BCUT2D eigenvalue weighted by Gasteiger charge is 2.08. The predicted molar refractivity (Wildman–Crippen MR) is 88.5 cm³/mol. The van der Waals surface area contributed by atoms with Crippen molar-refractivity contribution in [2.24, 2.45) is 5.84 Å². The lowest BCUT2D eigenvalue weighted by molar-refractivity contribution is -0.116. The maximum Gasteiger partial charge on any atom is 0.257 e. The summed E-state index contributed by atoms with van der Waals surface area (Å²) in [5.41, 5.74) is 4.27. The molecule has 2 aromatic heterocycles. The molecule has 7 nitrogen and oxygen atoms in total. The summed E-state index contributed by atoms with van der Waals surface area (Å²) in [6, 6.07) is 3.61. The molecule has 120 valence electrons. The van der Waals surface area contributed by atoms with Crippen LogP contribution in [0.3, 0.4) is 0 Å². The molecular weight excluding hydrogens is 329 g/mol. The van der Waals surface area contributed by atoms with Crippen LogP contribution in [0.2, 0.25) is 0 Å². The van der Waals surface area contributed by atoms with Gasteiger partial charge in [-0.25, -0.2) is 15.8 Å². The number of hydrogen-bond donors (Lipinski definition) is 2. The highest BCUT2D eigenvalue weighted by molar-refractivity contribution is 5.91. The van der Waals surface area contributed by atoms with Crippen molar-refractivity contribution in [2.45, 2.75) is 6.92 Å². The molecule has 2 rings (SSSR count). The van der Waals surface area contributed by atoms with E-state index in [0.717, 1.165) is 11.4 Å². The van der Waals surface area contributed by atoms with Crippen molar-refractivity contribution in [3.05, 3.63) is 42.1 Å². The first-order valence-electron chi connectivity index (χ1n) is 5.88. The molecule has 0 aliphatic rings. The lowest BCUT2D eigenvalue weighted by atomic mass is 10.3. The van der Waals surface area contributed by atoms with Crippen LogP contribution in [0.5, 0.6) is 5.88 Å². The predicted octanol–water partition coefficient (Wildman–Crippen LogP) is 1.43. The minimum Gasteiger partial charge on any atom is -0.479 e. The van der Waals surface area contributed by atoms with Crippen LogP contribution < -0.4 is 16.0 Å². The Hall–Kier alpha value is -2.09. The molecule has 0 fully saturated rings. The van der Waals surface area contributed by atoms with Gasteiger partial charge in [0.05, 0.1) is 24.8 Å². The van der Waals surface area contributed by atoms with Gasteiger partial charge in [0.1, 0.15) is 5.69 Å². The van der Waals surface area contributed by atoms with E-state index in [1.165, 1.54) is 13.2 Å². The summed E-state index contributed by atoms with van der Waals surface area (Å²) in [6.45, 7) is 1.90. The van der Waals surface area contributed by atoms with Gasteiger partial charge >= 0.3 is 0 Å². The molecule has 0 aliphatic carbocycles. The van der Waals surface area contributed by atoms with Crippen molar-refractivity contribution in [2.75, 3.05) is 7.11 Å². The molecule has 0 aromatic carbocycles. The minimum absolute atomic E-state index is 0. The molecular formula is C13H17Cl2N5O2. The molecule has 9 heteroatoms. The average molecular weight is 346 g/mol. The van der Waals surface area contributed by atoms with Gasteiger partial charge < -0.3 is 9.30 Å². The fraction of sp³-hybridized carbons (Fsp3) is 0.154. The third kappa shape index (κ3) is 4.73. The molecule has 0 radical (unpaired) electrons. The molecule has 0 bridgehead atoms. The average Bonchev–Trinajstić information content (AvgIpc) is 2.90. The number of hydrogen-bond acceptors (Lipinski definition) is 5. The number of carbonyl (C=O) groups is 1. The Morgan fingerprint density at radius 1 is 1.41 bits per heavy atom. The van der Waals surface area contributed by atoms with Gasteiger partial charge in [-0.1, -0.05) is 0 Å². The van der Waals surface area contributed by atoms with Crippen LogP contribution in [-0.4, -0.2) is 27.6 Å². The molecule has 2 heterocycles. The van der Waals surface area contributed by atoms with E-state index in [9.17, 15) is 4.79 Å². The number of rotatable bonds is 4. The first-order chi connectivity index (χ1) is 9.63. The maximum absolute atomic E-state index is 11.0. The van der Waals surface area contributed by atoms with E-state index in [2.05, 4.69) is 9.97 Å². The number of halogens is 2. The van der Waals surface area contributed by atoms with E-state index in [4.69, 9.17) is 10.6 Å². The van der Waals surface area contributed by atoms with Crippen molar-refractivity contribution in [1.82, 2.24) is 20.0 Å². The van der Waals surface area contributed by atoms with Crippen molar-refractivity contribution in [1.29, 1.82) is 0 Å². The number of methoxy groups -OCH3 is 1. The first kappa shape index (κ1) is 19.9. The number of carbonyl (C=O) groups excluding carboxylic acids is 1. The summed E-state index contributed by atoms with van der Waals surface area (Å²) in [4.78, 5) is 19.5. The van der Waals surface area contributed by atoms with Gasteiger partial charge in [-0.05, 0) is 25.1 Å². The second-order valence-electron chi connectivity index (χ2n) is 4.03. The largest absolute Gasteiger partial charge is 0.479 e. The number of nitrogens with zero attached hydrogens (tertiary/aromatic N) is 3. The minimum atomic E-state index is -0.403. The van der Waals surface area contributed by atoms with Gasteiger partial charge in [0.15, 0.2) is 0 Å². The second kappa shape index (κ2) is 9.04. The number of imidazole rings is 1. The van der Waals surface area contributed by atoms with E-state index in [1.54, 1.807) is 18.5 Å². The zero-order chi connectivity index (χ0) is 14.5.